The summed E-state index contributed by atoms with van der Waals surface area (Å²) in [5.74, 6) is 2.06. The Labute approximate surface area is 147 Å². The number of amides is 1. The fourth-order valence-corrected chi connectivity index (χ4v) is 3.84. The standard InChI is InChI=1S/C19H24N4O2/c1-2-17-20-19(22-21-17)16-12-23(9-10-25-16)18(24)11-14-8-7-13-5-3-4-6-15(13)14/h3-6,14,16H,2,7-12H2,1H3,(H,20,21,22)/t14-,16-/m1/s1. The molecule has 1 aromatic carbocycles. The highest BCUT2D eigenvalue weighted by Crippen LogP contribution is 2.36. The lowest BCUT2D eigenvalue weighted by molar-refractivity contribution is -0.139. The lowest BCUT2D eigenvalue weighted by Crippen LogP contribution is -2.42. The Balaban J connectivity index is 1.40. The molecule has 1 saturated heterocycles. The number of H-pyrrole nitrogens is 1. The van der Waals surface area contributed by atoms with Gasteiger partial charge in [0.25, 0.3) is 0 Å². The number of carbonyl (C=O) groups excluding carboxylic acids is 1. The summed E-state index contributed by atoms with van der Waals surface area (Å²) in [6, 6.07) is 8.50. The van der Waals surface area contributed by atoms with E-state index in [1.54, 1.807) is 0 Å². The molecule has 2 heterocycles. The van der Waals surface area contributed by atoms with E-state index in [1.165, 1.54) is 11.1 Å². The van der Waals surface area contributed by atoms with E-state index >= 15 is 0 Å². The second-order valence-corrected chi connectivity index (χ2v) is 6.83. The van der Waals surface area contributed by atoms with Gasteiger partial charge in [-0.05, 0) is 29.9 Å². The van der Waals surface area contributed by atoms with Crippen LogP contribution in [0.5, 0.6) is 0 Å². The first-order chi connectivity index (χ1) is 12.2. The van der Waals surface area contributed by atoms with E-state index in [0.717, 1.165) is 25.1 Å². The van der Waals surface area contributed by atoms with Crippen LogP contribution >= 0.6 is 0 Å². The number of hydrogen-bond donors (Lipinski definition) is 1. The number of benzene rings is 1. The van der Waals surface area contributed by atoms with Crippen LogP contribution in [0.15, 0.2) is 24.3 Å². The number of carbonyl (C=O) groups is 1. The molecule has 2 aliphatic rings. The molecule has 4 rings (SSSR count). The van der Waals surface area contributed by atoms with Crippen LogP contribution in [0, 0.1) is 0 Å². The zero-order chi connectivity index (χ0) is 17.2. The summed E-state index contributed by atoms with van der Waals surface area (Å²) in [4.78, 5) is 19.2. The topological polar surface area (TPSA) is 71.1 Å². The third kappa shape index (κ3) is 3.31. The number of nitrogens with zero attached hydrogens (tertiary/aromatic N) is 3. The summed E-state index contributed by atoms with van der Waals surface area (Å²) >= 11 is 0. The monoisotopic (exact) mass is 340 g/mol. The SMILES string of the molecule is CCc1nc([C@H]2CN(C(=O)C[C@H]3CCc4ccccc43)CCO2)n[nH]1. The zero-order valence-electron chi connectivity index (χ0n) is 14.6. The van der Waals surface area contributed by atoms with Gasteiger partial charge in [-0.1, -0.05) is 31.2 Å². The number of fused-ring (bicyclic) bond motifs is 1. The van der Waals surface area contributed by atoms with Crippen LogP contribution in [0.4, 0.5) is 0 Å². The van der Waals surface area contributed by atoms with Crippen molar-refractivity contribution in [2.75, 3.05) is 19.7 Å². The van der Waals surface area contributed by atoms with E-state index in [2.05, 4.69) is 39.4 Å². The number of hydrogen-bond acceptors (Lipinski definition) is 4. The first-order valence-electron chi connectivity index (χ1n) is 9.13. The van der Waals surface area contributed by atoms with Crippen LogP contribution in [0.3, 0.4) is 0 Å². The number of aromatic nitrogens is 3. The summed E-state index contributed by atoms with van der Waals surface area (Å²) in [7, 11) is 0. The third-order valence-corrected chi connectivity index (χ3v) is 5.27. The molecule has 1 aliphatic heterocycles. The van der Waals surface area contributed by atoms with Gasteiger partial charge >= 0.3 is 0 Å². The van der Waals surface area contributed by atoms with Crippen molar-refractivity contribution in [3.8, 4) is 0 Å². The van der Waals surface area contributed by atoms with Gasteiger partial charge in [0, 0.05) is 19.4 Å². The van der Waals surface area contributed by atoms with E-state index < -0.39 is 0 Å². The number of nitrogens with one attached hydrogen (secondary N) is 1. The molecule has 2 aromatic rings. The minimum Gasteiger partial charge on any atom is -0.366 e. The summed E-state index contributed by atoms with van der Waals surface area (Å²) in [6.07, 6.45) is 3.31. The summed E-state index contributed by atoms with van der Waals surface area (Å²) in [6.45, 7) is 3.75. The van der Waals surface area contributed by atoms with Gasteiger partial charge in [0.1, 0.15) is 11.9 Å². The maximum atomic E-state index is 12.8. The highest BCUT2D eigenvalue weighted by Gasteiger charge is 2.31. The quantitative estimate of drug-likeness (QED) is 0.928. The summed E-state index contributed by atoms with van der Waals surface area (Å²) in [5.41, 5.74) is 2.75. The van der Waals surface area contributed by atoms with Crippen LogP contribution in [-0.2, 0) is 22.4 Å². The Morgan fingerprint density at radius 3 is 3.12 bits per heavy atom. The van der Waals surface area contributed by atoms with Crippen molar-refractivity contribution >= 4 is 5.91 Å². The van der Waals surface area contributed by atoms with E-state index in [-0.39, 0.29) is 12.0 Å². The van der Waals surface area contributed by atoms with E-state index in [4.69, 9.17) is 4.74 Å². The molecular weight excluding hydrogens is 316 g/mol. The van der Waals surface area contributed by atoms with Gasteiger partial charge in [-0.3, -0.25) is 9.89 Å². The van der Waals surface area contributed by atoms with Crippen molar-refractivity contribution in [3.05, 3.63) is 47.0 Å². The molecule has 2 atom stereocenters. The number of aryl methyl sites for hydroxylation is 2. The van der Waals surface area contributed by atoms with Crippen molar-refractivity contribution in [2.45, 2.75) is 44.6 Å². The van der Waals surface area contributed by atoms with E-state index in [0.29, 0.717) is 37.9 Å². The first kappa shape index (κ1) is 16.3. The molecule has 0 bridgehead atoms. The minimum atomic E-state index is -0.231. The molecule has 0 spiro atoms. The van der Waals surface area contributed by atoms with Crippen molar-refractivity contribution in [3.63, 3.8) is 0 Å². The first-order valence-corrected chi connectivity index (χ1v) is 9.13. The molecule has 1 N–H and O–H groups in total. The van der Waals surface area contributed by atoms with Gasteiger partial charge in [0.2, 0.25) is 5.91 Å². The van der Waals surface area contributed by atoms with Crippen molar-refractivity contribution in [2.24, 2.45) is 0 Å². The zero-order valence-corrected chi connectivity index (χ0v) is 14.6. The lowest BCUT2D eigenvalue weighted by Gasteiger charge is -2.32. The fourth-order valence-electron chi connectivity index (χ4n) is 3.84. The van der Waals surface area contributed by atoms with Crippen molar-refractivity contribution in [1.82, 2.24) is 20.1 Å². The smallest absolute Gasteiger partial charge is 0.223 e. The molecule has 1 aliphatic carbocycles. The van der Waals surface area contributed by atoms with Crippen LogP contribution < -0.4 is 0 Å². The van der Waals surface area contributed by atoms with Crippen molar-refractivity contribution < 1.29 is 9.53 Å². The molecule has 25 heavy (non-hydrogen) atoms. The van der Waals surface area contributed by atoms with Crippen LogP contribution in [0.2, 0.25) is 0 Å². The molecule has 1 fully saturated rings. The third-order valence-electron chi connectivity index (χ3n) is 5.27. The fraction of sp³-hybridized carbons (Fsp3) is 0.526. The second-order valence-electron chi connectivity index (χ2n) is 6.83. The Morgan fingerprint density at radius 2 is 2.28 bits per heavy atom. The van der Waals surface area contributed by atoms with Crippen molar-refractivity contribution in [1.29, 1.82) is 0 Å². The molecule has 1 aromatic heterocycles. The summed E-state index contributed by atoms with van der Waals surface area (Å²) < 4.78 is 5.79. The van der Waals surface area contributed by atoms with Gasteiger partial charge in [0.15, 0.2) is 5.82 Å². The molecule has 0 unspecified atom stereocenters. The average molecular weight is 340 g/mol. The normalized spacial score (nSPS) is 22.8. The molecule has 0 radical (unpaired) electrons. The summed E-state index contributed by atoms with van der Waals surface area (Å²) in [5, 5.41) is 7.16. The molecular formula is C19H24N4O2. The molecule has 132 valence electrons. The van der Waals surface area contributed by atoms with Gasteiger partial charge in [-0.2, -0.15) is 5.10 Å². The van der Waals surface area contributed by atoms with Gasteiger partial charge < -0.3 is 9.64 Å². The molecule has 6 nitrogen and oxygen atoms in total. The second kappa shape index (κ2) is 6.96. The van der Waals surface area contributed by atoms with Crippen LogP contribution in [-0.4, -0.2) is 45.7 Å². The van der Waals surface area contributed by atoms with Gasteiger partial charge in [0.05, 0.1) is 13.2 Å². The molecule has 1 amide bonds. The lowest BCUT2D eigenvalue weighted by atomic mass is 9.97. The molecule has 6 heteroatoms. The maximum Gasteiger partial charge on any atom is 0.223 e. The Kier molecular flexibility index (Phi) is 4.53. The number of morpholine rings is 1. The van der Waals surface area contributed by atoms with E-state index in [1.807, 2.05) is 11.8 Å². The highest BCUT2D eigenvalue weighted by molar-refractivity contribution is 5.77. The number of aromatic amines is 1. The van der Waals surface area contributed by atoms with Crippen LogP contribution in [0.25, 0.3) is 0 Å². The predicted octanol–water partition coefficient (Wildman–Crippen LogP) is 2.39. The predicted molar refractivity (Wildman–Crippen MR) is 93.2 cm³/mol. The largest absolute Gasteiger partial charge is 0.366 e. The minimum absolute atomic E-state index is 0.209. The Hall–Kier alpha value is -2.21. The maximum absolute atomic E-state index is 12.8. The number of rotatable bonds is 4. The van der Waals surface area contributed by atoms with Gasteiger partial charge in [-0.15, -0.1) is 0 Å². The Morgan fingerprint density at radius 1 is 1.40 bits per heavy atom. The highest BCUT2D eigenvalue weighted by atomic mass is 16.5. The number of ether oxygens (including phenoxy) is 1. The average Bonchev–Trinajstić information content (AvgIpc) is 3.29. The van der Waals surface area contributed by atoms with Gasteiger partial charge in [-0.25, -0.2) is 4.98 Å². The Bertz CT molecular complexity index is 757. The molecule has 0 saturated carbocycles. The van der Waals surface area contributed by atoms with Crippen LogP contribution in [0.1, 0.15) is 54.6 Å². The van der Waals surface area contributed by atoms with E-state index in [9.17, 15) is 4.79 Å².